The van der Waals surface area contributed by atoms with Gasteiger partial charge in [-0.1, -0.05) is 6.92 Å². The molecule has 1 amide bonds. The number of nitrogens with one attached hydrogen (secondary N) is 2. The Balaban J connectivity index is 2.04. The van der Waals surface area contributed by atoms with E-state index in [1.807, 2.05) is 13.8 Å². The van der Waals surface area contributed by atoms with Crippen LogP contribution in [0.1, 0.15) is 52.9 Å². The minimum absolute atomic E-state index is 0.0754. The molecular weight excluding hydrogens is 228 g/mol. The predicted molar refractivity (Wildman–Crippen MR) is 73.6 cm³/mol. The average Bonchev–Trinajstić information content (AvgIpc) is 2.35. The van der Waals surface area contributed by atoms with E-state index in [1.165, 1.54) is 12.8 Å². The molecule has 1 heterocycles. The zero-order valence-electron chi connectivity index (χ0n) is 12.1. The van der Waals surface area contributed by atoms with E-state index < -0.39 is 0 Å². The van der Waals surface area contributed by atoms with Crippen LogP contribution in [0.25, 0.3) is 0 Å². The highest BCUT2D eigenvalue weighted by atomic mass is 16.5. The second-order valence-corrected chi connectivity index (χ2v) is 5.74. The van der Waals surface area contributed by atoms with Gasteiger partial charge in [-0.05, 0) is 52.5 Å². The van der Waals surface area contributed by atoms with Crippen LogP contribution < -0.4 is 10.6 Å². The molecule has 0 aromatic carbocycles. The van der Waals surface area contributed by atoms with Crippen LogP contribution in [0.15, 0.2) is 0 Å². The Morgan fingerprint density at radius 3 is 2.78 bits per heavy atom. The standard InChI is InChI=1S/C14H28N2O2/c1-4-14(2,3)16-13(17)11-15-9-8-12-7-5-6-10-18-12/h12,15H,4-11H2,1-3H3,(H,16,17). The maximum atomic E-state index is 11.7. The number of hydrogen-bond acceptors (Lipinski definition) is 3. The summed E-state index contributed by atoms with van der Waals surface area (Å²) in [7, 11) is 0. The quantitative estimate of drug-likeness (QED) is 0.683. The molecule has 1 aliphatic rings. The lowest BCUT2D eigenvalue weighted by Gasteiger charge is -2.25. The van der Waals surface area contributed by atoms with E-state index >= 15 is 0 Å². The fraction of sp³-hybridized carbons (Fsp3) is 0.929. The van der Waals surface area contributed by atoms with Crippen molar-refractivity contribution < 1.29 is 9.53 Å². The van der Waals surface area contributed by atoms with Gasteiger partial charge >= 0.3 is 0 Å². The normalized spacial score (nSPS) is 20.7. The molecular formula is C14H28N2O2. The molecule has 106 valence electrons. The Hall–Kier alpha value is -0.610. The summed E-state index contributed by atoms with van der Waals surface area (Å²) in [4.78, 5) is 11.7. The number of ether oxygens (including phenoxy) is 1. The lowest BCUT2D eigenvalue weighted by molar-refractivity contribution is -0.121. The second-order valence-electron chi connectivity index (χ2n) is 5.74. The molecule has 0 spiro atoms. The van der Waals surface area contributed by atoms with Gasteiger partial charge in [-0.3, -0.25) is 4.79 Å². The van der Waals surface area contributed by atoms with Crippen LogP contribution in [-0.4, -0.2) is 37.2 Å². The van der Waals surface area contributed by atoms with Crippen molar-refractivity contribution in [2.45, 2.75) is 64.5 Å². The third-order valence-electron chi connectivity index (χ3n) is 3.56. The lowest BCUT2D eigenvalue weighted by atomic mass is 10.0. The third kappa shape index (κ3) is 6.36. The molecule has 1 saturated heterocycles. The van der Waals surface area contributed by atoms with Crippen molar-refractivity contribution in [3.05, 3.63) is 0 Å². The first-order valence-corrected chi connectivity index (χ1v) is 7.17. The van der Waals surface area contributed by atoms with Gasteiger partial charge in [0.15, 0.2) is 0 Å². The number of amides is 1. The molecule has 0 bridgehead atoms. The van der Waals surface area contributed by atoms with Gasteiger partial charge < -0.3 is 15.4 Å². The molecule has 0 aromatic rings. The van der Waals surface area contributed by atoms with Crippen LogP contribution in [0.4, 0.5) is 0 Å². The van der Waals surface area contributed by atoms with E-state index in [1.54, 1.807) is 0 Å². The van der Waals surface area contributed by atoms with Crippen LogP contribution >= 0.6 is 0 Å². The van der Waals surface area contributed by atoms with Crippen molar-refractivity contribution in [1.82, 2.24) is 10.6 Å². The molecule has 2 N–H and O–H groups in total. The summed E-state index contributed by atoms with van der Waals surface area (Å²) >= 11 is 0. The van der Waals surface area contributed by atoms with Crippen molar-refractivity contribution in [1.29, 1.82) is 0 Å². The van der Waals surface area contributed by atoms with Crippen LogP contribution in [0.2, 0.25) is 0 Å². The molecule has 1 rings (SSSR count). The van der Waals surface area contributed by atoms with Crippen molar-refractivity contribution in [2.75, 3.05) is 19.7 Å². The molecule has 18 heavy (non-hydrogen) atoms. The zero-order valence-corrected chi connectivity index (χ0v) is 12.1. The molecule has 1 atom stereocenters. The van der Waals surface area contributed by atoms with E-state index in [2.05, 4.69) is 17.6 Å². The zero-order chi connectivity index (χ0) is 13.4. The van der Waals surface area contributed by atoms with Crippen LogP contribution in [-0.2, 0) is 9.53 Å². The number of carbonyl (C=O) groups excluding carboxylic acids is 1. The summed E-state index contributed by atoms with van der Waals surface area (Å²) < 4.78 is 5.64. The minimum Gasteiger partial charge on any atom is -0.378 e. The minimum atomic E-state index is -0.106. The summed E-state index contributed by atoms with van der Waals surface area (Å²) in [5, 5.41) is 6.20. The maximum Gasteiger partial charge on any atom is 0.234 e. The molecule has 4 nitrogen and oxygen atoms in total. The van der Waals surface area contributed by atoms with Crippen LogP contribution in [0.5, 0.6) is 0 Å². The number of carbonyl (C=O) groups is 1. The lowest BCUT2D eigenvalue weighted by Crippen LogP contribution is -2.46. The fourth-order valence-corrected chi connectivity index (χ4v) is 2.01. The topological polar surface area (TPSA) is 50.4 Å². The van der Waals surface area contributed by atoms with Gasteiger partial charge in [0.1, 0.15) is 0 Å². The van der Waals surface area contributed by atoms with Gasteiger partial charge in [-0.2, -0.15) is 0 Å². The Morgan fingerprint density at radius 1 is 1.39 bits per heavy atom. The molecule has 1 fully saturated rings. The Bertz CT molecular complexity index is 248. The second kappa shape index (κ2) is 7.74. The van der Waals surface area contributed by atoms with E-state index in [0.717, 1.165) is 32.4 Å². The molecule has 0 saturated carbocycles. The van der Waals surface area contributed by atoms with Gasteiger partial charge in [-0.15, -0.1) is 0 Å². The van der Waals surface area contributed by atoms with E-state index in [9.17, 15) is 4.79 Å². The van der Waals surface area contributed by atoms with Crippen molar-refractivity contribution >= 4 is 5.91 Å². The van der Waals surface area contributed by atoms with Gasteiger partial charge in [0.05, 0.1) is 12.6 Å². The third-order valence-corrected chi connectivity index (χ3v) is 3.56. The largest absolute Gasteiger partial charge is 0.378 e. The molecule has 1 unspecified atom stereocenters. The Kier molecular flexibility index (Phi) is 6.65. The summed E-state index contributed by atoms with van der Waals surface area (Å²) in [5.74, 6) is 0.0754. The number of rotatable bonds is 7. The molecule has 0 aliphatic carbocycles. The van der Waals surface area contributed by atoms with Crippen LogP contribution in [0, 0.1) is 0 Å². The van der Waals surface area contributed by atoms with Gasteiger partial charge in [0.2, 0.25) is 5.91 Å². The highest BCUT2D eigenvalue weighted by Crippen LogP contribution is 2.14. The molecule has 4 heteroatoms. The van der Waals surface area contributed by atoms with Crippen molar-refractivity contribution in [2.24, 2.45) is 0 Å². The Labute approximate surface area is 111 Å². The van der Waals surface area contributed by atoms with E-state index in [-0.39, 0.29) is 11.4 Å². The molecule has 1 aliphatic heterocycles. The summed E-state index contributed by atoms with van der Waals surface area (Å²) in [6, 6.07) is 0. The number of hydrogen-bond donors (Lipinski definition) is 2. The Morgan fingerprint density at radius 2 is 2.17 bits per heavy atom. The smallest absolute Gasteiger partial charge is 0.234 e. The highest BCUT2D eigenvalue weighted by molar-refractivity contribution is 5.78. The van der Waals surface area contributed by atoms with Crippen molar-refractivity contribution in [3.63, 3.8) is 0 Å². The van der Waals surface area contributed by atoms with Crippen LogP contribution in [0.3, 0.4) is 0 Å². The first kappa shape index (κ1) is 15.4. The predicted octanol–water partition coefficient (Wildman–Crippen LogP) is 1.84. The maximum absolute atomic E-state index is 11.7. The summed E-state index contributed by atoms with van der Waals surface area (Å²) in [5.41, 5.74) is -0.106. The van der Waals surface area contributed by atoms with E-state index in [0.29, 0.717) is 12.6 Å². The first-order valence-electron chi connectivity index (χ1n) is 7.17. The fourth-order valence-electron chi connectivity index (χ4n) is 2.01. The summed E-state index contributed by atoms with van der Waals surface area (Å²) in [6.45, 7) is 8.31. The molecule has 0 radical (unpaired) electrons. The average molecular weight is 256 g/mol. The highest BCUT2D eigenvalue weighted by Gasteiger charge is 2.17. The van der Waals surface area contributed by atoms with E-state index in [4.69, 9.17) is 4.74 Å². The van der Waals surface area contributed by atoms with Gasteiger partial charge in [-0.25, -0.2) is 0 Å². The van der Waals surface area contributed by atoms with Gasteiger partial charge in [0.25, 0.3) is 0 Å². The SMILES string of the molecule is CCC(C)(C)NC(=O)CNCCC1CCCCO1. The van der Waals surface area contributed by atoms with Gasteiger partial charge in [0, 0.05) is 12.1 Å². The molecule has 0 aromatic heterocycles. The first-order chi connectivity index (χ1) is 8.53. The van der Waals surface area contributed by atoms with Crippen molar-refractivity contribution in [3.8, 4) is 0 Å². The monoisotopic (exact) mass is 256 g/mol. The summed E-state index contributed by atoms with van der Waals surface area (Å²) in [6.07, 6.45) is 5.96.